The fraction of sp³-hybridized carbons (Fsp3) is 0.318. The summed E-state index contributed by atoms with van der Waals surface area (Å²) in [6.07, 6.45) is -0.0216. The largest absolute Gasteiger partial charge is 0.493 e. The molecule has 0 radical (unpaired) electrons. The van der Waals surface area contributed by atoms with Gasteiger partial charge in [-0.3, -0.25) is 25.2 Å². The van der Waals surface area contributed by atoms with Crippen molar-refractivity contribution in [3.05, 3.63) is 59.2 Å². The van der Waals surface area contributed by atoms with Crippen LogP contribution in [-0.2, 0) is 4.79 Å². The average molecular weight is 413 g/mol. The van der Waals surface area contributed by atoms with Crippen molar-refractivity contribution in [3.63, 3.8) is 0 Å². The summed E-state index contributed by atoms with van der Waals surface area (Å²) in [5.41, 5.74) is 6.39. The second kappa shape index (κ2) is 10.8. The minimum atomic E-state index is -0.498. The van der Waals surface area contributed by atoms with E-state index >= 15 is 0 Å². The third kappa shape index (κ3) is 6.51. The number of ether oxygens (including phenoxy) is 2. The van der Waals surface area contributed by atoms with Gasteiger partial charge in [0, 0.05) is 24.1 Å². The topological polar surface area (TPSA) is 106 Å². The van der Waals surface area contributed by atoms with Gasteiger partial charge in [0.15, 0.2) is 11.5 Å². The van der Waals surface area contributed by atoms with E-state index in [1.54, 1.807) is 24.3 Å². The lowest BCUT2D eigenvalue weighted by Crippen LogP contribution is -2.42. The molecule has 0 saturated carbocycles. The first-order valence-corrected chi connectivity index (χ1v) is 9.59. The van der Waals surface area contributed by atoms with E-state index in [0.717, 1.165) is 5.56 Å². The maximum atomic E-state index is 12.3. The van der Waals surface area contributed by atoms with Crippen molar-refractivity contribution < 1.29 is 23.9 Å². The summed E-state index contributed by atoms with van der Waals surface area (Å²) in [5.74, 6) is -0.235. The van der Waals surface area contributed by atoms with Gasteiger partial charge in [-0.1, -0.05) is 18.2 Å². The molecule has 2 aromatic rings. The molecule has 0 unspecified atom stereocenters. The van der Waals surface area contributed by atoms with Crippen molar-refractivity contribution in [1.29, 1.82) is 0 Å². The fourth-order valence-corrected chi connectivity index (χ4v) is 2.63. The van der Waals surface area contributed by atoms with Gasteiger partial charge in [-0.05, 0) is 50.6 Å². The number of amides is 3. The molecule has 3 amide bonds. The number of rotatable bonds is 8. The first-order chi connectivity index (χ1) is 14.3. The molecule has 0 spiro atoms. The minimum absolute atomic E-state index is 0.0163. The second-order valence-corrected chi connectivity index (χ2v) is 6.86. The molecule has 0 fully saturated rings. The lowest BCUT2D eigenvalue weighted by atomic mass is 10.1. The highest BCUT2D eigenvalue weighted by atomic mass is 16.5. The summed E-state index contributed by atoms with van der Waals surface area (Å²) in [4.78, 5) is 36.3. The summed E-state index contributed by atoms with van der Waals surface area (Å²) in [7, 11) is 1.48. The standard InChI is InChI=1S/C22H27N3O5/c1-14(2)30-18-10-9-16(13-19(18)29-4)21(27)25-24-20(26)11-12-23-22(28)17-8-6-5-7-15(17)3/h5-10,13-14H,11-12H2,1-4H3,(H,23,28)(H,24,26)(H,25,27). The van der Waals surface area contributed by atoms with E-state index in [1.165, 1.54) is 13.2 Å². The zero-order valence-corrected chi connectivity index (χ0v) is 17.6. The van der Waals surface area contributed by atoms with Crippen LogP contribution in [0.2, 0.25) is 0 Å². The quantitative estimate of drug-likeness (QED) is 0.576. The van der Waals surface area contributed by atoms with Gasteiger partial charge in [-0.2, -0.15) is 0 Å². The maximum absolute atomic E-state index is 12.3. The molecule has 8 nitrogen and oxygen atoms in total. The Labute approximate surface area is 175 Å². The second-order valence-electron chi connectivity index (χ2n) is 6.86. The fourth-order valence-electron chi connectivity index (χ4n) is 2.63. The third-order valence-electron chi connectivity index (χ3n) is 4.13. The Morgan fingerprint density at radius 3 is 2.37 bits per heavy atom. The molecule has 2 rings (SSSR count). The van der Waals surface area contributed by atoms with E-state index in [1.807, 2.05) is 32.9 Å². The van der Waals surface area contributed by atoms with Crippen molar-refractivity contribution in [3.8, 4) is 11.5 Å². The molecular weight excluding hydrogens is 386 g/mol. The Morgan fingerprint density at radius 2 is 1.70 bits per heavy atom. The maximum Gasteiger partial charge on any atom is 0.269 e. The highest BCUT2D eigenvalue weighted by molar-refractivity contribution is 5.97. The van der Waals surface area contributed by atoms with Crippen molar-refractivity contribution in [2.45, 2.75) is 33.3 Å². The Kier molecular flexibility index (Phi) is 8.22. The van der Waals surface area contributed by atoms with Crippen LogP contribution in [-0.4, -0.2) is 37.5 Å². The predicted octanol–water partition coefficient (Wildman–Crippen LogP) is 2.37. The number of carbonyl (C=O) groups excluding carboxylic acids is 3. The third-order valence-corrected chi connectivity index (χ3v) is 4.13. The Hall–Kier alpha value is -3.55. The van der Waals surface area contributed by atoms with Crippen LogP contribution < -0.4 is 25.6 Å². The SMILES string of the molecule is COc1cc(C(=O)NNC(=O)CCNC(=O)c2ccccc2C)ccc1OC(C)C. The Balaban J connectivity index is 1.81. The van der Waals surface area contributed by atoms with Gasteiger partial charge in [0.25, 0.3) is 11.8 Å². The van der Waals surface area contributed by atoms with Crippen LogP contribution in [0.1, 0.15) is 46.5 Å². The van der Waals surface area contributed by atoms with E-state index in [0.29, 0.717) is 22.6 Å². The van der Waals surface area contributed by atoms with Crippen molar-refractivity contribution in [2.24, 2.45) is 0 Å². The smallest absolute Gasteiger partial charge is 0.269 e. The first kappa shape index (κ1) is 22.7. The van der Waals surface area contributed by atoms with Crippen LogP contribution in [0, 0.1) is 6.92 Å². The molecule has 0 atom stereocenters. The van der Waals surface area contributed by atoms with E-state index in [9.17, 15) is 14.4 Å². The van der Waals surface area contributed by atoms with E-state index in [-0.39, 0.29) is 25.0 Å². The lowest BCUT2D eigenvalue weighted by molar-refractivity contribution is -0.121. The predicted molar refractivity (Wildman–Crippen MR) is 112 cm³/mol. The van der Waals surface area contributed by atoms with Gasteiger partial charge in [0.05, 0.1) is 13.2 Å². The number of hydrazine groups is 1. The molecule has 0 aliphatic carbocycles. The number of hydrogen-bond acceptors (Lipinski definition) is 5. The average Bonchev–Trinajstić information content (AvgIpc) is 2.72. The van der Waals surface area contributed by atoms with Crippen LogP contribution in [0.3, 0.4) is 0 Å². The number of aryl methyl sites for hydroxylation is 1. The molecule has 0 aromatic heterocycles. The van der Waals surface area contributed by atoms with E-state index in [2.05, 4.69) is 16.2 Å². The van der Waals surface area contributed by atoms with Crippen molar-refractivity contribution >= 4 is 17.7 Å². The number of carbonyl (C=O) groups is 3. The normalized spacial score (nSPS) is 10.3. The zero-order valence-electron chi connectivity index (χ0n) is 17.6. The summed E-state index contributed by atoms with van der Waals surface area (Å²) in [6.45, 7) is 5.76. The Morgan fingerprint density at radius 1 is 0.967 bits per heavy atom. The van der Waals surface area contributed by atoms with Gasteiger partial charge in [0.2, 0.25) is 5.91 Å². The monoisotopic (exact) mass is 413 g/mol. The summed E-state index contributed by atoms with van der Waals surface area (Å²) in [6, 6.07) is 11.9. The molecule has 0 aliphatic heterocycles. The van der Waals surface area contributed by atoms with Crippen LogP contribution in [0.5, 0.6) is 11.5 Å². The number of methoxy groups -OCH3 is 1. The van der Waals surface area contributed by atoms with Crippen LogP contribution in [0.15, 0.2) is 42.5 Å². The molecule has 30 heavy (non-hydrogen) atoms. The molecule has 0 heterocycles. The summed E-state index contributed by atoms with van der Waals surface area (Å²) < 4.78 is 10.9. The molecule has 0 bridgehead atoms. The number of hydrogen-bond donors (Lipinski definition) is 3. The molecule has 3 N–H and O–H groups in total. The molecule has 160 valence electrons. The van der Waals surface area contributed by atoms with Crippen LogP contribution in [0.25, 0.3) is 0 Å². The first-order valence-electron chi connectivity index (χ1n) is 9.59. The van der Waals surface area contributed by atoms with E-state index in [4.69, 9.17) is 9.47 Å². The van der Waals surface area contributed by atoms with Crippen LogP contribution in [0.4, 0.5) is 0 Å². The molecule has 2 aromatic carbocycles. The molecule has 0 aliphatic rings. The van der Waals surface area contributed by atoms with Crippen molar-refractivity contribution in [2.75, 3.05) is 13.7 Å². The Bertz CT molecular complexity index is 911. The number of nitrogens with one attached hydrogen (secondary N) is 3. The number of benzene rings is 2. The minimum Gasteiger partial charge on any atom is -0.493 e. The van der Waals surface area contributed by atoms with Gasteiger partial charge in [-0.25, -0.2) is 0 Å². The van der Waals surface area contributed by atoms with Crippen LogP contribution >= 0.6 is 0 Å². The lowest BCUT2D eigenvalue weighted by Gasteiger charge is -2.14. The van der Waals surface area contributed by atoms with Gasteiger partial charge >= 0.3 is 0 Å². The molecular formula is C22H27N3O5. The molecule has 8 heteroatoms. The summed E-state index contributed by atoms with van der Waals surface area (Å²) in [5, 5.41) is 2.68. The van der Waals surface area contributed by atoms with Crippen molar-refractivity contribution in [1.82, 2.24) is 16.2 Å². The van der Waals surface area contributed by atoms with Gasteiger partial charge in [-0.15, -0.1) is 0 Å². The van der Waals surface area contributed by atoms with E-state index < -0.39 is 11.8 Å². The highest BCUT2D eigenvalue weighted by Gasteiger charge is 2.13. The van der Waals surface area contributed by atoms with Gasteiger partial charge in [0.1, 0.15) is 0 Å². The van der Waals surface area contributed by atoms with Gasteiger partial charge < -0.3 is 14.8 Å². The molecule has 0 saturated heterocycles. The highest BCUT2D eigenvalue weighted by Crippen LogP contribution is 2.28. The zero-order chi connectivity index (χ0) is 22.1. The summed E-state index contributed by atoms with van der Waals surface area (Å²) >= 11 is 0.